The molecule has 0 saturated carbocycles. The lowest BCUT2D eigenvalue weighted by Crippen LogP contribution is -2.42. The molecular weight excluding hydrogens is 428 g/mol. The molecule has 174 valence electrons. The number of benzene rings is 1. The maximum atomic E-state index is 12.9. The number of anilines is 2. The Kier molecular flexibility index (Phi) is 7.73. The zero-order valence-electron chi connectivity index (χ0n) is 19.0. The maximum absolute atomic E-state index is 12.9. The lowest BCUT2D eigenvalue weighted by Gasteiger charge is -2.24. The fourth-order valence-corrected chi connectivity index (χ4v) is 4.87. The van der Waals surface area contributed by atoms with Crippen molar-refractivity contribution in [2.75, 3.05) is 16.8 Å². The number of hydrogen-bond donors (Lipinski definition) is 2. The molecule has 0 bridgehead atoms. The third kappa shape index (κ3) is 5.77. The Labute approximate surface area is 190 Å². The third-order valence-corrected chi connectivity index (χ3v) is 6.75. The van der Waals surface area contributed by atoms with Crippen LogP contribution in [-0.4, -0.2) is 38.2 Å². The Morgan fingerprint density at radius 1 is 1.25 bits per heavy atom. The molecule has 8 nitrogen and oxygen atoms in total. The van der Waals surface area contributed by atoms with E-state index in [1.54, 1.807) is 36.7 Å². The average molecular weight is 461 g/mol. The van der Waals surface area contributed by atoms with Gasteiger partial charge in [-0.1, -0.05) is 32.9 Å². The zero-order chi connectivity index (χ0) is 23.3. The Morgan fingerprint density at radius 3 is 2.62 bits per heavy atom. The first-order chi connectivity index (χ1) is 15.2. The molecule has 1 aliphatic rings. The highest BCUT2D eigenvalue weighted by atomic mass is 32.2. The summed E-state index contributed by atoms with van der Waals surface area (Å²) < 4.78 is 33.6. The topological polar surface area (TPSA) is 101 Å². The van der Waals surface area contributed by atoms with Gasteiger partial charge in [-0.15, -0.1) is 0 Å². The first-order valence-corrected chi connectivity index (χ1v) is 12.4. The van der Waals surface area contributed by atoms with E-state index in [1.165, 1.54) is 0 Å². The van der Waals surface area contributed by atoms with Gasteiger partial charge >= 0.3 is 5.97 Å². The normalized spacial score (nSPS) is 16.5. The number of sulfonamides is 1. The molecule has 2 heterocycles. The molecular formula is C23H32N4O4S. The predicted molar refractivity (Wildman–Crippen MR) is 125 cm³/mol. The molecule has 2 N–H and O–H groups in total. The van der Waals surface area contributed by atoms with E-state index in [1.807, 2.05) is 26.8 Å². The summed E-state index contributed by atoms with van der Waals surface area (Å²) in [5.41, 5.74) is 3.02. The van der Waals surface area contributed by atoms with Gasteiger partial charge in [0.25, 0.3) is 0 Å². The number of carbonyl (C=O) groups is 1. The number of rotatable bonds is 10. The summed E-state index contributed by atoms with van der Waals surface area (Å²) in [7, 11) is -3.86. The van der Waals surface area contributed by atoms with Gasteiger partial charge in [-0.3, -0.25) is 9.78 Å². The van der Waals surface area contributed by atoms with Crippen LogP contribution in [0.2, 0.25) is 0 Å². The Bertz CT molecular complexity index is 1020. The minimum Gasteiger partial charge on any atom is -0.465 e. The van der Waals surface area contributed by atoms with Crippen LogP contribution >= 0.6 is 0 Å². The highest BCUT2D eigenvalue weighted by molar-refractivity contribution is 7.89. The number of pyridine rings is 1. The van der Waals surface area contributed by atoms with Gasteiger partial charge in [0.05, 0.1) is 35.2 Å². The molecule has 1 aromatic heterocycles. The third-order valence-electron chi connectivity index (χ3n) is 5.26. The second-order valence-corrected chi connectivity index (χ2v) is 10.2. The molecule has 0 spiro atoms. The smallest absolute Gasteiger partial charge is 0.324 e. The number of nitrogens with zero attached hydrogens (tertiary/aromatic N) is 2. The van der Waals surface area contributed by atoms with Crippen molar-refractivity contribution in [3.8, 4) is 0 Å². The Morgan fingerprint density at radius 2 is 1.97 bits per heavy atom. The lowest BCUT2D eigenvalue weighted by molar-refractivity contribution is -0.146. The monoisotopic (exact) mass is 460 g/mol. The minimum absolute atomic E-state index is 0.102. The van der Waals surface area contributed by atoms with Crippen LogP contribution < -0.4 is 14.9 Å². The predicted octanol–water partition coefficient (Wildman–Crippen LogP) is 3.51. The minimum atomic E-state index is -3.86. The van der Waals surface area contributed by atoms with Gasteiger partial charge in [0.15, 0.2) is 0 Å². The van der Waals surface area contributed by atoms with E-state index in [0.29, 0.717) is 19.4 Å². The van der Waals surface area contributed by atoms with E-state index in [4.69, 9.17) is 4.74 Å². The quantitative estimate of drug-likeness (QED) is 0.523. The summed E-state index contributed by atoms with van der Waals surface area (Å²) in [4.78, 5) is 18.8. The number of fused-ring (bicyclic) bond motifs is 1. The number of hydrogen-bond acceptors (Lipinski definition) is 7. The molecule has 1 unspecified atom stereocenters. The van der Waals surface area contributed by atoms with Crippen molar-refractivity contribution in [3.63, 3.8) is 0 Å². The van der Waals surface area contributed by atoms with Gasteiger partial charge in [-0.25, -0.2) is 8.42 Å². The molecule has 0 saturated heterocycles. The molecule has 3 rings (SSSR count). The standard InChI is InChI=1S/C23H32N4O4S/c1-5-12-31-23(28)20(13-16(2)3)26-32(29,30)19-8-6-18(7-9-19)15-27-17(4)25-21-14-24-11-10-22(21)27/h6-11,14,16-17,20,25-26H,5,12-13,15H2,1-4H3/t17?,20-/m0/s1. The fourth-order valence-electron chi connectivity index (χ4n) is 3.68. The van der Waals surface area contributed by atoms with Crippen molar-refractivity contribution < 1.29 is 17.9 Å². The summed E-state index contributed by atoms with van der Waals surface area (Å²) in [6.07, 6.45) is 4.71. The van der Waals surface area contributed by atoms with Gasteiger partial charge in [0.2, 0.25) is 10.0 Å². The van der Waals surface area contributed by atoms with Crippen LogP contribution in [0.5, 0.6) is 0 Å². The van der Waals surface area contributed by atoms with Crippen LogP contribution in [0, 0.1) is 5.92 Å². The van der Waals surface area contributed by atoms with Crippen LogP contribution in [0.4, 0.5) is 11.4 Å². The summed E-state index contributed by atoms with van der Waals surface area (Å²) >= 11 is 0. The van der Waals surface area contributed by atoms with Crippen LogP contribution in [0.25, 0.3) is 0 Å². The van der Waals surface area contributed by atoms with Gasteiger partial charge in [0.1, 0.15) is 6.04 Å². The fraction of sp³-hybridized carbons (Fsp3) is 0.478. The first kappa shape index (κ1) is 24.0. The van der Waals surface area contributed by atoms with Crippen molar-refractivity contribution in [1.29, 1.82) is 0 Å². The van der Waals surface area contributed by atoms with E-state index in [2.05, 4.69) is 26.8 Å². The number of aromatic nitrogens is 1. The van der Waals surface area contributed by atoms with Gasteiger partial charge in [-0.2, -0.15) is 4.72 Å². The second-order valence-electron chi connectivity index (χ2n) is 8.46. The summed E-state index contributed by atoms with van der Waals surface area (Å²) in [6, 6.07) is 7.79. The number of esters is 1. The molecule has 1 aromatic carbocycles. The maximum Gasteiger partial charge on any atom is 0.324 e. The second kappa shape index (κ2) is 10.3. The van der Waals surface area contributed by atoms with E-state index in [0.717, 1.165) is 16.9 Å². The molecule has 0 radical (unpaired) electrons. The molecule has 0 amide bonds. The van der Waals surface area contributed by atoms with E-state index >= 15 is 0 Å². The van der Waals surface area contributed by atoms with Crippen LogP contribution in [-0.2, 0) is 26.1 Å². The zero-order valence-corrected chi connectivity index (χ0v) is 19.9. The first-order valence-electron chi connectivity index (χ1n) is 11.0. The Balaban J connectivity index is 1.72. The molecule has 2 aromatic rings. The highest BCUT2D eigenvalue weighted by Gasteiger charge is 2.28. The van der Waals surface area contributed by atoms with Crippen molar-refractivity contribution in [2.24, 2.45) is 5.92 Å². The van der Waals surface area contributed by atoms with E-state index in [9.17, 15) is 13.2 Å². The molecule has 9 heteroatoms. The molecule has 32 heavy (non-hydrogen) atoms. The number of ether oxygens (including phenoxy) is 1. The van der Waals surface area contributed by atoms with E-state index in [-0.39, 0.29) is 23.6 Å². The van der Waals surface area contributed by atoms with Crippen LogP contribution in [0.1, 0.15) is 46.1 Å². The van der Waals surface area contributed by atoms with Gasteiger partial charge in [0, 0.05) is 12.7 Å². The summed E-state index contributed by atoms with van der Waals surface area (Å²) in [5, 5.41) is 3.38. The molecule has 1 aliphatic heterocycles. The SMILES string of the molecule is CCCOC(=O)[C@H](CC(C)C)NS(=O)(=O)c1ccc(CN2c3ccncc3NC2C)cc1. The van der Waals surface area contributed by atoms with Crippen molar-refractivity contribution in [3.05, 3.63) is 48.3 Å². The van der Waals surface area contributed by atoms with Crippen LogP contribution in [0.3, 0.4) is 0 Å². The summed E-state index contributed by atoms with van der Waals surface area (Å²) in [5.74, 6) is -0.405. The van der Waals surface area contributed by atoms with Crippen molar-refractivity contribution in [2.45, 2.75) is 64.2 Å². The van der Waals surface area contributed by atoms with Gasteiger partial charge < -0.3 is 15.0 Å². The van der Waals surface area contributed by atoms with Crippen LogP contribution in [0.15, 0.2) is 47.6 Å². The Hall–Kier alpha value is -2.65. The number of carbonyl (C=O) groups excluding carboxylic acids is 1. The largest absolute Gasteiger partial charge is 0.465 e. The lowest BCUT2D eigenvalue weighted by atomic mass is 10.1. The number of nitrogens with one attached hydrogen (secondary N) is 2. The van der Waals surface area contributed by atoms with E-state index < -0.39 is 22.0 Å². The molecule has 0 fully saturated rings. The highest BCUT2D eigenvalue weighted by Crippen LogP contribution is 2.34. The van der Waals surface area contributed by atoms with Crippen molar-refractivity contribution >= 4 is 27.4 Å². The van der Waals surface area contributed by atoms with Gasteiger partial charge in [-0.05, 0) is 49.4 Å². The average Bonchev–Trinajstić information content (AvgIpc) is 3.06. The molecule has 0 aliphatic carbocycles. The summed E-state index contributed by atoms with van der Waals surface area (Å²) in [6.45, 7) is 8.72. The van der Waals surface area contributed by atoms with Crippen molar-refractivity contribution in [1.82, 2.24) is 9.71 Å². The molecule has 2 atom stereocenters.